The molecular weight excluding hydrogens is 340 g/mol. The maximum Gasteiger partial charge on any atom is 0.318 e. The molecule has 1 unspecified atom stereocenters. The number of nitrogens with one attached hydrogen (secondary N) is 2. The first-order valence-corrected chi connectivity index (χ1v) is 10.1. The molecule has 25 heavy (non-hydrogen) atoms. The minimum absolute atomic E-state index is 0.0980. The van der Waals surface area contributed by atoms with E-state index in [2.05, 4.69) is 22.6 Å². The van der Waals surface area contributed by atoms with E-state index in [0.29, 0.717) is 18.8 Å². The summed E-state index contributed by atoms with van der Waals surface area (Å²) in [5.74, 6) is 0. The molecule has 1 atom stereocenters. The Morgan fingerprint density at radius 3 is 2.44 bits per heavy atom. The van der Waals surface area contributed by atoms with Crippen LogP contribution in [0, 0.1) is 5.41 Å². The molecule has 2 heterocycles. The number of urea groups is 1. The zero-order valence-electron chi connectivity index (χ0n) is 14.8. The van der Waals surface area contributed by atoms with Crippen molar-refractivity contribution in [3.05, 3.63) is 24.3 Å². The lowest BCUT2D eigenvalue weighted by Gasteiger charge is -2.39. The first-order chi connectivity index (χ1) is 11.8. The van der Waals surface area contributed by atoms with Gasteiger partial charge in [0.05, 0.1) is 4.90 Å². The summed E-state index contributed by atoms with van der Waals surface area (Å²) in [6, 6.07) is 6.01. The van der Waals surface area contributed by atoms with Crippen molar-refractivity contribution in [2.75, 3.05) is 45.6 Å². The van der Waals surface area contributed by atoms with E-state index in [-0.39, 0.29) is 16.3 Å². The number of benzene rings is 1. The number of likely N-dealkylation sites (tertiary alicyclic amines) is 1. The van der Waals surface area contributed by atoms with Crippen molar-refractivity contribution in [2.45, 2.75) is 24.2 Å². The molecule has 0 bridgehead atoms. The standard InChI is InChI=1S/C17H26N4O3S/c1-18-16(22)19-14-4-6-15(7-5-14)25(23,24)21-10-3-8-17(13-21)9-11-20(2)12-17/h4-7H,3,8-13H2,1-2H3,(H2,18,19,22). The summed E-state index contributed by atoms with van der Waals surface area (Å²) < 4.78 is 27.7. The van der Waals surface area contributed by atoms with E-state index in [9.17, 15) is 13.2 Å². The van der Waals surface area contributed by atoms with Crippen molar-refractivity contribution in [3.8, 4) is 0 Å². The molecule has 7 nitrogen and oxygen atoms in total. The van der Waals surface area contributed by atoms with Gasteiger partial charge in [0.25, 0.3) is 0 Å². The molecule has 138 valence electrons. The van der Waals surface area contributed by atoms with E-state index >= 15 is 0 Å². The normalized spacial score (nSPS) is 25.2. The second kappa shape index (κ2) is 6.93. The van der Waals surface area contributed by atoms with Crippen molar-refractivity contribution in [1.29, 1.82) is 0 Å². The van der Waals surface area contributed by atoms with Crippen molar-refractivity contribution in [2.24, 2.45) is 5.41 Å². The Morgan fingerprint density at radius 1 is 1.12 bits per heavy atom. The first kappa shape index (κ1) is 18.2. The van der Waals surface area contributed by atoms with Crippen LogP contribution >= 0.6 is 0 Å². The largest absolute Gasteiger partial charge is 0.341 e. The Hall–Kier alpha value is -1.64. The molecule has 2 aliphatic rings. The maximum absolute atomic E-state index is 13.0. The van der Waals surface area contributed by atoms with Gasteiger partial charge in [0.2, 0.25) is 10.0 Å². The van der Waals surface area contributed by atoms with Crippen LogP contribution in [-0.4, -0.2) is 63.9 Å². The molecule has 8 heteroatoms. The summed E-state index contributed by atoms with van der Waals surface area (Å²) in [7, 11) is 0.119. The number of carbonyl (C=O) groups excluding carboxylic acids is 1. The molecule has 2 fully saturated rings. The van der Waals surface area contributed by atoms with Gasteiger partial charge in [-0.1, -0.05) is 0 Å². The molecule has 3 rings (SSSR count). The second-order valence-electron chi connectivity index (χ2n) is 7.16. The number of piperidine rings is 1. The Morgan fingerprint density at radius 2 is 1.84 bits per heavy atom. The summed E-state index contributed by atoms with van der Waals surface area (Å²) in [5.41, 5.74) is 0.659. The van der Waals surface area contributed by atoms with Crippen LogP contribution in [0.3, 0.4) is 0 Å². The van der Waals surface area contributed by atoms with Crippen LogP contribution in [0.15, 0.2) is 29.2 Å². The van der Waals surface area contributed by atoms with E-state index in [0.717, 1.165) is 32.4 Å². The summed E-state index contributed by atoms with van der Waals surface area (Å²) in [4.78, 5) is 13.9. The zero-order chi connectivity index (χ0) is 18.1. The minimum Gasteiger partial charge on any atom is -0.341 e. The van der Waals surface area contributed by atoms with E-state index in [1.165, 1.54) is 7.05 Å². The number of hydrogen-bond donors (Lipinski definition) is 2. The fourth-order valence-electron chi connectivity index (χ4n) is 3.91. The summed E-state index contributed by atoms with van der Waals surface area (Å²) in [6.45, 7) is 3.17. The molecule has 2 N–H and O–H groups in total. The van der Waals surface area contributed by atoms with Crippen LogP contribution in [0.25, 0.3) is 0 Å². The monoisotopic (exact) mass is 366 g/mol. The minimum atomic E-state index is -3.51. The van der Waals surface area contributed by atoms with Crippen molar-refractivity contribution >= 4 is 21.7 Å². The van der Waals surface area contributed by atoms with Gasteiger partial charge < -0.3 is 15.5 Å². The van der Waals surface area contributed by atoms with Gasteiger partial charge in [-0.3, -0.25) is 0 Å². The van der Waals surface area contributed by atoms with Crippen LogP contribution in [-0.2, 0) is 10.0 Å². The fourth-order valence-corrected chi connectivity index (χ4v) is 5.50. The third-order valence-electron chi connectivity index (χ3n) is 5.23. The molecule has 2 saturated heterocycles. The lowest BCUT2D eigenvalue weighted by Crippen LogP contribution is -2.47. The number of sulfonamides is 1. The molecular formula is C17H26N4O3S. The van der Waals surface area contributed by atoms with E-state index in [1.54, 1.807) is 28.6 Å². The third-order valence-corrected chi connectivity index (χ3v) is 7.09. The van der Waals surface area contributed by atoms with Crippen LogP contribution in [0.1, 0.15) is 19.3 Å². The highest BCUT2D eigenvalue weighted by Crippen LogP contribution is 2.40. The highest BCUT2D eigenvalue weighted by Gasteiger charge is 2.43. The molecule has 1 aromatic carbocycles. The number of anilines is 1. The number of amides is 2. The summed E-state index contributed by atoms with van der Waals surface area (Å²) in [5, 5.41) is 5.09. The number of nitrogens with zero attached hydrogens (tertiary/aromatic N) is 2. The van der Waals surface area contributed by atoms with Crippen molar-refractivity contribution in [3.63, 3.8) is 0 Å². The van der Waals surface area contributed by atoms with Gasteiger partial charge in [-0.05, 0) is 62.5 Å². The number of carbonyl (C=O) groups is 1. The van der Waals surface area contributed by atoms with Gasteiger partial charge in [0.1, 0.15) is 0 Å². The molecule has 1 spiro atoms. The summed E-state index contributed by atoms with van der Waals surface area (Å²) >= 11 is 0. The molecule has 2 aliphatic heterocycles. The lowest BCUT2D eigenvalue weighted by atomic mass is 9.80. The van der Waals surface area contributed by atoms with Crippen LogP contribution in [0.5, 0.6) is 0 Å². The van der Waals surface area contributed by atoms with E-state index < -0.39 is 10.0 Å². The fraction of sp³-hybridized carbons (Fsp3) is 0.588. The maximum atomic E-state index is 13.0. The Labute approximate surface area is 149 Å². The predicted molar refractivity (Wildman–Crippen MR) is 97.1 cm³/mol. The molecule has 0 aliphatic carbocycles. The summed E-state index contributed by atoms with van der Waals surface area (Å²) in [6.07, 6.45) is 3.06. The zero-order valence-corrected chi connectivity index (χ0v) is 15.6. The van der Waals surface area contributed by atoms with Gasteiger partial charge in [-0.15, -0.1) is 0 Å². The van der Waals surface area contributed by atoms with E-state index in [4.69, 9.17) is 0 Å². The number of rotatable bonds is 3. The Balaban J connectivity index is 1.75. The molecule has 0 radical (unpaired) electrons. The van der Waals surface area contributed by atoms with E-state index in [1.807, 2.05) is 0 Å². The third kappa shape index (κ3) is 3.80. The van der Waals surface area contributed by atoms with Gasteiger partial charge in [-0.25, -0.2) is 13.2 Å². The second-order valence-corrected chi connectivity index (χ2v) is 9.10. The van der Waals surface area contributed by atoms with Gasteiger partial charge in [-0.2, -0.15) is 4.31 Å². The van der Waals surface area contributed by atoms with Crippen LogP contribution < -0.4 is 10.6 Å². The van der Waals surface area contributed by atoms with Gasteiger partial charge in [0, 0.05) is 32.4 Å². The first-order valence-electron chi connectivity index (χ1n) is 8.62. The van der Waals surface area contributed by atoms with Crippen molar-refractivity contribution < 1.29 is 13.2 Å². The molecule has 0 saturated carbocycles. The average Bonchev–Trinajstić information content (AvgIpc) is 2.95. The molecule has 0 aromatic heterocycles. The van der Waals surface area contributed by atoms with Gasteiger partial charge in [0.15, 0.2) is 0 Å². The van der Waals surface area contributed by atoms with Crippen LogP contribution in [0.4, 0.5) is 10.5 Å². The molecule has 1 aromatic rings. The highest BCUT2D eigenvalue weighted by atomic mass is 32.2. The Kier molecular flexibility index (Phi) is 5.04. The number of hydrogen-bond acceptors (Lipinski definition) is 4. The SMILES string of the molecule is CNC(=O)Nc1ccc(S(=O)(=O)N2CCCC3(CCN(C)C3)C2)cc1. The highest BCUT2D eigenvalue weighted by molar-refractivity contribution is 7.89. The smallest absolute Gasteiger partial charge is 0.318 e. The van der Waals surface area contributed by atoms with Crippen LogP contribution in [0.2, 0.25) is 0 Å². The predicted octanol–water partition coefficient (Wildman–Crippen LogP) is 1.54. The Bertz CT molecular complexity index is 731. The van der Waals surface area contributed by atoms with Crippen molar-refractivity contribution in [1.82, 2.24) is 14.5 Å². The molecule has 2 amide bonds. The topological polar surface area (TPSA) is 81.8 Å². The lowest BCUT2D eigenvalue weighted by molar-refractivity contribution is 0.153. The van der Waals surface area contributed by atoms with Gasteiger partial charge >= 0.3 is 6.03 Å². The average molecular weight is 366 g/mol. The quantitative estimate of drug-likeness (QED) is 0.850.